The van der Waals surface area contributed by atoms with Crippen LogP contribution in [0.25, 0.3) is 11.0 Å². The molecule has 0 saturated heterocycles. The number of nitrogens with two attached hydrogens (primary N) is 1. The summed E-state index contributed by atoms with van der Waals surface area (Å²) < 4.78 is 13.3. The van der Waals surface area contributed by atoms with Crippen LogP contribution in [-0.4, -0.2) is 36.3 Å². The van der Waals surface area contributed by atoms with Gasteiger partial charge < -0.3 is 16.0 Å². The molecule has 0 radical (unpaired) electrons. The molecule has 3 aromatic heterocycles. The maximum Gasteiger partial charge on any atom is 0.221 e. The molecule has 4 aromatic rings. The first-order chi connectivity index (χ1) is 13.6. The number of aromatic amines is 2. The molecule has 5 N–H and O–H groups in total. The molecule has 0 unspecified atom stereocenters. The number of fused-ring (bicyclic) bond motifs is 1. The zero-order valence-electron chi connectivity index (χ0n) is 14.6. The molecule has 1 aromatic carbocycles. The quantitative estimate of drug-likeness (QED) is 0.408. The molecule has 0 amide bonds. The van der Waals surface area contributed by atoms with E-state index in [0.717, 1.165) is 22.3 Å². The van der Waals surface area contributed by atoms with Crippen LogP contribution in [0.5, 0.6) is 0 Å². The molecule has 1 fully saturated rings. The van der Waals surface area contributed by atoms with Gasteiger partial charge in [0.05, 0.1) is 16.9 Å². The number of nitrogens with zero attached hydrogens (tertiary/aromatic N) is 4. The molecule has 0 aliphatic heterocycles. The normalized spacial score (nSPS) is 18.5. The number of alkyl halides is 1. The number of nitrogens with one attached hydrogen (secondary N) is 3. The van der Waals surface area contributed by atoms with Gasteiger partial charge in [-0.2, -0.15) is 10.1 Å². The summed E-state index contributed by atoms with van der Waals surface area (Å²) in [5.41, 5.74) is 9.81. The second-order valence-corrected chi connectivity index (χ2v) is 7.19. The summed E-state index contributed by atoms with van der Waals surface area (Å²) in [5.74, 6) is 1.11. The lowest BCUT2D eigenvalue weighted by molar-refractivity contribution is 0.466. The van der Waals surface area contributed by atoms with Gasteiger partial charge in [-0.05, 0) is 18.1 Å². The minimum Gasteiger partial charge on any atom is -0.368 e. The van der Waals surface area contributed by atoms with Crippen LogP contribution in [-0.2, 0) is 6.42 Å². The molecule has 1 aliphatic carbocycles. The number of hydrogen-bond donors (Lipinski definition) is 4. The summed E-state index contributed by atoms with van der Waals surface area (Å²) in [6.45, 7) is 0. The standard InChI is InChI=1S/C18H16ClFN8/c19-15-8(1-2-12-16(15)24-7-23-12)3-9-6-22-18(21)26-17(9)25-14-5-13(27-28-14)10-4-11(10)20/h1-2,5-7,10-11H,3-4H2,(H,23,24)(H4,21,22,25,26,27,28)/t10-,11-/m1/s1. The van der Waals surface area contributed by atoms with E-state index in [9.17, 15) is 4.39 Å². The molecule has 2 atom stereocenters. The number of benzene rings is 1. The van der Waals surface area contributed by atoms with Crippen LogP contribution in [0.1, 0.15) is 29.2 Å². The van der Waals surface area contributed by atoms with Crippen LogP contribution in [0.2, 0.25) is 5.02 Å². The molecule has 5 rings (SSSR count). The van der Waals surface area contributed by atoms with E-state index in [-0.39, 0.29) is 11.9 Å². The smallest absolute Gasteiger partial charge is 0.221 e. The first kappa shape index (κ1) is 16.9. The monoisotopic (exact) mass is 398 g/mol. The highest BCUT2D eigenvalue weighted by Gasteiger charge is 2.40. The van der Waals surface area contributed by atoms with E-state index < -0.39 is 6.17 Å². The molecular weight excluding hydrogens is 383 g/mol. The summed E-state index contributed by atoms with van der Waals surface area (Å²) in [5, 5.41) is 10.8. The molecule has 8 nitrogen and oxygen atoms in total. The Hall–Kier alpha value is -3.20. The number of imidazole rings is 1. The molecule has 28 heavy (non-hydrogen) atoms. The Bertz CT molecular complexity index is 1170. The Kier molecular flexibility index (Phi) is 3.90. The van der Waals surface area contributed by atoms with E-state index in [1.165, 1.54) is 0 Å². The van der Waals surface area contributed by atoms with Crippen molar-refractivity contribution in [3.8, 4) is 0 Å². The molecule has 1 aliphatic rings. The lowest BCUT2D eigenvalue weighted by Gasteiger charge is -2.11. The fourth-order valence-electron chi connectivity index (χ4n) is 3.21. The third-order valence-electron chi connectivity index (χ3n) is 4.83. The maximum absolute atomic E-state index is 13.3. The van der Waals surface area contributed by atoms with Crippen molar-refractivity contribution in [2.75, 3.05) is 11.1 Å². The summed E-state index contributed by atoms with van der Waals surface area (Å²) in [6.07, 6.45) is 3.48. The SMILES string of the molecule is Nc1ncc(Cc2ccc3[nH]cnc3c2Cl)c(Nc2cc([C@@H]3C[C@H]3F)[nH]n2)n1. The van der Waals surface area contributed by atoms with Crippen molar-refractivity contribution in [2.24, 2.45) is 0 Å². The molecule has 0 spiro atoms. The number of hydrogen-bond acceptors (Lipinski definition) is 6. The van der Waals surface area contributed by atoms with Gasteiger partial charge in [0, 0.05) is 35.9 Å². The lowest BCUT2D eigenvalue weighted by Crippen LogP contribution is -2.05. The predicted molar refractivity (Wildman–Crippen MR) is 104 cm³/mol. The van der Waals surface area contributed by atoms with Gasteiger partial charge >= 0.3 is 0 Å². The Morgan fingerprint density at radius 2 is 2.14 bits per heavy atom. The van der Waals surface area contributed by atoms with E-state index in [4.69, 9.17) is 17.3 Å². The highest BCUT2D eigenvalue weighted by molar-refractivity contribution is 6.35. The van der Waals surface area contributed by atoms with Gasteiger partial charge in [-0.1, -0.05) is 17.7 Å². The van der Waals surface area contributed by atoms with Crippen molar-refractivity contribution in [2.45, 2.75) is 24.9 Å². The number of anilines is 3. The van der Waals surface area contributed by atoms with Gasteiger partial charge in [0.2, 0.25) is 5.95 Å². The lowest BCUT2D eigenvalue weighted by atomic mass is 10.1. The minimum atomic E-state index is -0.794. The third kappa shape index (κ3) is 3.03. The van der Waals surface area contributed by atoms with Crippen LogP contribution in [0.3, 0.4) is 0 Å². The number of H-pyrrole nitrogens is 2. The zero-order chi connectivity index (χ0) is 19.3. The first-order valence-electron chi connectivity index (χ1n) is 8.76. The molecule has 10 heteroatoms. The number of nitrogen functional groups attached to an aromatic ring is 1. The van der Waals surface area contributed by atoms with E-state index in [0.29, 0.717) is 35.0 Å². The topological polar surface area (TPSA) is 121 Å². The summed E-state index contributed by atoms with van der Waals surface area (Å²) in [4.78, 5) is 15.7. The van der Waals surface area contributed by atoms with E-state index in [1.54, 1.807) is 18.6 Å². The number of aromatic nitrogens is 6. The summed E-state index contributed by atoms with van der Waals surface area (Å²) in [6, 6.07) is 5.65. The Morgan fingerprint density at radius 1 is 1.29 bits per heavy atom. The zero-order valence-corrected chi connectivity index (χ0v) is 15.3. The van der Waals surface area contributed by atoms with Crippen molar-refractivity contribution in [1.82, 2.24) is 30.1 Å². The van der Waals surface area contributed by atoms with Crippen molar-refractivity contribution in [1.29, 1.82) is 0 Å². The van der Waals surface area contributed by atoms with Crippen molar-refractivity contribution < 1.29 is 4.39 Å². The average Bonchev–Trinajstić information content (AvgIpc) is 3.08. The maximum atomic E-state index is 13.3. The number of halogens is 2. The second kappa shape index (κ2) is 6.45. The minimum absolute atomic E-state index is 0.0997. The van der Waals surface area contributed by atoms with Crippen molar-refractivity contribution in [3.63, 3.8) is 0 Å². The summed E-state index contributed by atoms with van der Waals surface area (Å²) >= 11 is 6.51. The largest absolute Gasteiger partial charge is 0.368 e. The first-order valence-corrected chi connectivity index (χ1v) is 9.14. The molecule has 3 heterocycles. The van der Waals surface area contributed by atoms with Crippen LogP contribution < -0.4 is 11.1 Å². The van der Waals surface area contributed by atoms with Gasteiger partial charge in [0.1, 0.15) is 17.5 Å². The summed E-state index contributed by atoms with van der Waals surface area (Å²) in [7, 11) is 0. The van der Waals surface area contributed by atoms with Gasteiger partial charge in [-0.25, -0.2) is 14.4 Å². The Labute approximate surface area is 163 Å². The van der Waals surface area contributed by atoms with Crippen LogP contribution in [0, 0.1) is 0 Å². The molecule has 0 bridgehead atoms. The highest BCUT2D eigenvalue weighted by Crippen LogP contribution is 2.43. The van der Waals surface area contributed by atoms with Crippen LogP contribution >= 0.6 is 11.6 Å². The van der Waals surface area contributed by atoms with Gasteiger partial charge in [-0.15, -0.1) is 0 Å². The van der Waals surface area contributed by atoms with Gasteiger partial charge in [0.15, 0.2) is 5.82 Å². The fourth-order valence-corrected chi connectivity index (χ4v) is 3.49. The van der Waals surface area contributed by atoms with Crippen molar-refractivity contribution in [3.05, 3.63) is 52.6 Å². The average molecular weight is 399 g/mol. The van der Waals surface area contributed by atoms with E-state index >= 15 is 0 Å². The molecular formula is C18H16ClFN8. The third-order valence-corrected chi connectivity index (χ3v) is 5.25. The van der Waals surface area contributed by atoms with Crippen molar-refractivity contribution >= 4 is 40.2 Å². The van der Waals surface area contributed by atoms with Crippen LogP contribution in [0.4, 0.5) is 22.0 Å². The second-order valence-electron chi connectivity index (χ2n) is 6.81. The van der Waals surface area contributed by atoms with Gasteiger partial charge in [0.25, 0.3) is 0 Å². The van der Waals surface area contributed by atoms with E-state index in [2.05, 4.69) is 35.5 Å². The number of rotatable bonds is 5. The van der Waals surface area contributed by atoms with E-state index in [1.807, 2.05) is 12.1 Å². The fraction of sp³-hybridized carbons (Fsp3) is 0.222. The highest BCUT2D eigenvalue weighted by atomic mass is 35.5. The van der Waals surface area contributed by atoms with Crippen LogP contribution in [0.15, 0.2) is 30.7 Å². The Morgan fingerprint density at radius 3 is 2.96 bits per heavy atom. The Balaban J connectivity index is 1.44. The molecule has 1 saturated carbocycles. The predicted octanol–water partition coefficient (Wildman–Crippen LogP) is 3.47. The van der Waals surface area contributed by atoms with Gasteiger partial charge in [-0.3, -0.25) is 5.10 Å². The molecule has 142 valence electrons.